The Labute approximate surface area is 154 Å². The first-order chi connectivity index (χ1) is 12.8. The molecule has 1 unspecified atom stereocenters. The minimum atomic E-state index is -0.589. The predicted molar refractivity (Wildman–Crippen MR) is 105 cm³/mol. The molecule has 3 nitrogen and oxygen atoms in total. The Hall–Kier alpha value is -2.78. The summed E-state index contributed by atoms with van der Waals surface area (Å²) in [4.78, 5) is 2.23. The zero-order valence-electron chi connectivity index (χ0n) is 14.7. The van der Waals surface area contributed by atoms with Crippen LogP contribution in [0.3, 0.4) is 0 Å². The lowest BCUT2D eigenvalue weighted by atomic mass is 10.0. The van der Waals surface area contributed by atoms with Crippen molar-refractivity contribution in [1.82, 2.24) is 0 Å². The van der Waals surface area contributed by atoms with Gasteiger partial charge in [-0.25, -0.2) is 0 Å². The number of β-amino-alcohol motifs (C(OH)–C–C–N with tert-alkyl or cyclic N) is 1. The molecule has 0 radical (unpaired) electrons. The molecule has 1 aliphatic rings. The summed E-state index contributed by atoms with van der Waals surface area (Å²) in [7, 11) is 0. The van der Waals surface area contributed by atoms with Gasteiger partial charge in [-0.15, -0.1) is 0 Å². The van der Waals surface area contributed by atoms with Crippen LogP contribution in [0.1, 0.15) is 11.1 Å². The third-order valence-electron chi connectivity index (χ3n) is 4.81. The molecule has 0 bridgehead atoms. The van der Waals surface area contributed by atoms with Crippen molar-refractivity contribution in [2.24, 2.45) is 0 Å². The highest BCUT2D eigenvalue weighted by molar-refractivity contribution is 5.71. The van der Waals surface area contributed by atoms with Gasteiger partial charge in [0, 0.05) is 11.4 Å². The maximum Gasteiger partial charge on any atom is 0.119 e. The number of aryl methyl sites for hydroxylation is 2. The average molecular weight is 345 g/mol. The van der Waals surface area contributed by atoms with Gasteiger partial charge < -0.3 is 14.7 Å². The Morgan fingerprint density at radius 3 is 1.92 bits per heavy atom. The van der Waals surface area contributed by atoms with E-state index in [4.69, 9.17) is 4.74 Å². The Morgan fingerprint density at radius 1 is 0.769 bits per heavy atom. The standard InChI is InChI=1S/C23H23NO2/c25-20(17-26-21-10-2-1-3-11-21)16-24-22-12-6-4-8-18(22)14-15-19-9-5-7-13-23(19)24/h1-13,20,25H,14-17H2. The van der Waals surface area contributed by atoms with Crippen molar-refractivity contribution >= 4 is 11.4 Å². The summed E-state index contributed by atoms with van der Waals surface area (Å²) >= 11 is 0. The minimum Gasteiger partial charge on any atom is -0.491 e. The first-order valence-electron chi connectivity index (χ1n) is 9.10. The molecular weight excluding hydrogens is 322 g/mol. The zero-order valence-corrected chi connectivity index (χ0v) is 14.7. The highest BCUT2D eigenvalue weighted by Crippen LogP contribution is 2.35. The molecule has 1 heterocycles. The molecule has 0 aromatic heterocycles. The Kier molecular flexibility index (Phi) is 4.89. The number of nitrogens with zero attached hydrogens (tertiary/aromatic N) is 1. The first-order valence-corrected chi connectivity index (χ1v) is 9.10. The van der Waals surface area contributed by atoms with Crippen molar-refractivity contribution in [2.45, 2.75) is 18.9 Å². The molecule has 1 aliphatic heterocycles. The molecule has 0 amide bonds. The van der Waals surface area contributed by atoms with Gasteiger partial charge in [-0.3, -0.25) is 0 Å². The quantitative estimate of drug-likeness (QED) is 0.746. The number of fused-ring (bicyclic) bond motifs is 2. The van der Waals surface area contributed by atoms with Gasteiger partial charge in [0.2, 0.25) is 0 Å². The van der Waals surface area contributed by atoms with Gasteiger partial charge in [-0.05, 0) is 48.2 Å². The summed E-state index contributed by atoms with van der Waals surface area (Å²) < 4.78 is 5.74. The Bertz CT molecular complexity index is 815. The number of aliphatic hydroxyl groups excluding tert-OH is 1. The van der Waals surface area contributed by atoms with Gasteiger partial charge in [0.25, 0.3) is 0 Å². The third kappa shape index (κ3) is 3.58. The van der Waals surface area contributed by atoms with E-state index in [1.165, 1.54) is 22.5 Å². The number of para-hydroxylation sites is 3. The van der Waals surface area contributed by atoms with Crippen molar-refractivity contribution in [1.29, 1.82) is 0 Å². The highest BCUT2D eigenvalue weighted by atomic mass is 16.5. The number of ether oxygens (including phenoxy) is 1. The molecule has 1 N–H and O–H groups in total. The van der Waals surface area contributed by atoms with Crippen LogP contribution in [-0.2, 0) is 12.8 Å². The fourth-order valence-electron chi connectivity index (χ4n) is 3.54. The summed E-state index contributed by atoms with van der Waals surface area (Å²) in [5.41, 5.74) is 4.99. The van der Waals surface area contributed by atoms with Crippen LogP contribution in [0.15, 0.2) is 78.9 Å². The second-order valence-corrected chi connectivity index (χ2v) is 6.65. The fourth-order valence-corrected chi connectivity index (χ4v) is 3.54. The predicted octanol–water partition coefficient (Wildman–Crippen LogP) is 4.36. The SMILES string of the molecule is OC(COc1ccccc1)CN1c2ccccc2CCc2ccccc21. The molecule has 3 aromatic carbocycles. The number of hydrogen-bond acceptors (Lipinski definition) is 3. The second kappa shape index (κ2) is 7.63. The van der Waals surface area contributed by atoms with Crippen LogP contribution in [-0.4, -0.2) is 24.4 Å². The molecule has 26 heavy (non-hydrogen) atoms. The third-order valence-corrected chi connectivity index (χ3v) is 4.81. The summed E-state index contributed by atoms with van der Waals surface area (Å²) in [5, 5.41) is 10.6. The topological polar surface area (TPSA) is 32.7 Å². The van der Waals surface area contributed by atoms with E-state index < -0.39 is 6.10 Å². The molecular formula is C23H23NO2. The van der Waals surface area contributed by atoms with Gasteiger partial charge in [0.15, 0.2) is 0 Å². The molecule has 0 saturated carbocycles. The minimum absolute atomic E-state index is 0.269. The van der Waals surface area contributed by atoms with Crippen molar-refractivity contribution in [3.05, 3.63) is 90.0 Å². The summed E-state index contributed by atoms with van der Waals surface area (Å²) in [6, 6.07) is 26.6. The van der Waals surface area contributed by atoms with E-state index in [1.54, 1.807) is 0 Å². The zero-order chi connectivity index (χ0) is 17.8. The van der Waals surface area contributed by atoms with E-state index in [9.17, 15) is 5.11 Å². The molecule has 4 rings (SSSR count). The van der Waals surface area contributed by atoms with Crippen molar-refractivity contribution in [2.75, 3.05) is 18.1 Å². The van der Waals surface area contributed by atoms with Crippen molar-refractivity contribution in [3.8, 4) is 5.75 Å². The van der Waals surface area contributed by atoms with Gasteiger partial charge in [0.1, 0.15) is 18.5 Å². The Morgan fingerprint density at radius 2 is 1.31 bits per heavy atom. The number of aliphatic hydroxyl groups is 1. The van der Waals surface area contributed by atoms with Crippen LogP contribution in [0.4, 0.5) is 11.4 Å². The van der Waals surface area contributed by atoms with Crippen LogP contribution in [0.25, 0.3) is 0 Å². The number of anilines is 2. The maximum absolute atomic E-state index is 10.6. The van der Waals surface area contributed by atoms with Gasteiger partial charge in [-0.2, -0.15) is 0 Å². The largest absolute Gasteiger partial charge is 0.491 e. The van der Waals surface area contributed by atoms with Crippen LogP contribution < -0.4 is 9.64 Å². The molecule has 0 fully saturated rings. The lowest BCUT2D eigenvalue weighted by Gasteiger charge is -2.29. The monoisotopic (exact) mass is 345 g/mol. The van der Waals surface area contributed by atoms with E-state index in [-0.39, 0.29) is 6.61 Å². The molecule has 1 atom stereocenters. The van der Waals surface area contributed by atoms with Crippen LogP contribution in [0.2, 0.25) is 0 Å². The van der Waals surface area contributed by atoms with Crippen LogP contribution >= 0.6 is 0 Å². The molecule has 0 aliphatic carbocycles. The van der Waals surface area contributed by atoms with E-state index in [2.05, 4.69) is 53.4 Å². The molecule has 3 heteroatoms. The number of hydrogen-bond donors (Lipinski definition) is 1. The fraction of sp³-hybridized carbons (Fsp3) is 0.217. The smallest absolute Gasteiger partial charge is 0.119 e. The van der Waals surface area contributed by atoms with Gasteiger partial charge >= 0.3 is 0 Å². The highest BCUT2D eigenvalue weighted by Gasteiger charge is 2.22. The summed E-state index contributed by atoms with van der Waals surface area (Å²) in [6.07, 6.45) is 1.44. The molecule has 132 valence electrons. The van der Waals surface area contributed by atoms with Crippen LogP contribution in [0.5, 0.6) is 5.75 Å². The average Bonchev–Trinajstić information content (AvgIpc) is 2.85. The van der Waals surface area contributed by atoms with Gasteiger partial charge in [0.05, 0.1) is 6.54 Å². The van der Waals surface area contributed by atoms with E-state index >= 15 is 0 Å². The van der Waals surface area contributed by atoms with Crippen molar-refractivity contribution in [3.63, 3.8) is 0 Å². The van der Waals surface area contributed by atoms with E-state index in [0.29, 0.717) is 6.54 Å². The maximum atomic E-state index is 10.6. The van der Waals surface area contributed by atoms with Crippen LogP contribution in [0, 0.1) is 0 Å². The van der Waals surface area contributed by atoms with Gasteiger partial charge in [-0.1, -0.05) is 54.6 Å². The second-order valence-electron chi connectivity index (χ2n) is 6.65. The summed E-state index contributed by atoms with van der Waals surface area (Å²) in [5.74, 6) is 0.781. The normalized spacial score (nSPS) is 14.1. The van der Waals surface area contributed by atoms with E-state index in [0.717, 1.165) is 18.6 Å². The first kappa shape index (κ1) is 16.7. The van der Waals surface area contributed by atoms with Crippen molar-refractivity contribution < 1.29 is 9.84 Å². The lowest BCUT2D eigenvalue weighted by molar-refractivity contribution is 0.114. The number of rotatable bonds is 5. The Balaban J connectivity index is 1.56. The lowest BCUT2D eigenvalue weighted by Crippen LogP contribution is -2.33. The molecule has 0 spiro atoms. The summed E-state index contributed by atoms with van der Waals surface area (Å²) in [6.45, 7) is 0.770. The molecule has 3 aromatic rings. The van der Waals surface area contributed by atoms with E-state index in [1.807, 2.05) is 30.3 Å². The molecule has 0 saturated heterocycles. The number of benzene rings is 3.